The molecule has 1 aromatic carbocycles. The number of anilines is 1. The predicted octanol–water partition coefficient (Wildman–Crippen LogP) is 1.60. The minimum Gasteiger partial charge on any atom is -0.334 e. The Hall–Kier alpha value is -2.12. The molecular weight excluding hydrogens is 290 g/mol. The summed E-state index contributed by atoms with van der Waals surface area (Å²) in [6.07, 6.45) is 3.05. The quantitative estimate of drug-likeness (QED) is 0.637. The van der Waals surface area contributed by atoms with Gasteiger partial charge in [-0.3, -0.25) is 0 Å². The van der Waals surface area contributed by atoms with E-state index in [0.29, 0.717) is 17.8 Å². The lowest BCUT2D eigenvalue weighted by Gasteiger charge is -2.08. The molecule has 0 unspecified atom stereocenters. The maximum atomic E-state index is 11.7. The molecule has 0 spiro atoms. The topological polar surface area (TPSA) is 87.3 Å². The molecule has 0 aliphatic rings. The van der Waals surface area contributed by atoms with Gasteiger partial charge in [-0.1, -0.05) is 24.3 Å². The highest BCUT2D eigenvalue weighted by Gasteiger charge is 2.10. The molecule has 1 aromatic rings. The smallest absolute Gasteiger partial charge is 0.319 e. The van der Waals surface area contributed by atoms with E-state index in [1.165, 1.54) is 6.08 Å². The molecular formula is C14H19N3O3S. The number of nitrogens with one attached hydrogen (secondary N) is 3. The fourth-order valence-electron chi connectivity index (χ4n) is 1.48. The number of carbonyl (C=O) groups excluding carboxylic acids is 1. The highest BCUT2D eigenvalue weighted by atomic mass is 32.2. The van der Waals surface area contributed by atoms with Crippen molar-refractivity contribution in [2.75, 3.05) is 18.4 Å². The van der Waals surface area contributed by atoms with E-state index in [1.54, 1.807) is 30.3 Å². The summed E-state index contributed by atoms with van der Waals surface area (Å²) in [5, 5.41) is 5.20. The third-order valence-corrected chi connectivity index (χ3v) is 3.74. The molecule has 0 aromatic heterocycles. The zero-order valence-electron chi connectivity index (χ0n) is 11.6. The summed E-state index contributed by atoms with van der Waals surface area (Å²) < 4.78 is 25.8. The Morgan fingerprint density at radius 3 is 2.29 bits per heavy atom. The summed E-state index contributed by atoms with van der Waals surface area (Å²) in [5.74, 6) is -0.121. The average Bonchev–Trinajstić information content (AvgIpc) is 2.45. The maximum absolute atomic E-state index is 11.7. The third kappa shape index (κ3) is 6.73. The van der Waals surface area contributed by atoms with E-state index in [0.717, 1.165) is 0 Å². The fourth-order valence-corrected chi connectivity index (χ4v) is 2.59. The minimum atomic E-state index is -3.38. The lowest BCUT2D eigenvalue weighted by Crippen LogP contribution is -2.28. The maximum Gasteiger partial charge on any atom is 0.319 e. The first-order valence-corrected chi connectivity index (χ1v) is 7.95. The monoisotopic (exact) mass is 309 g/mol. The number of hydrogen-bond acceptors (Lipinski definition) is 3. The summed E-state index contributed by atoms with van der Waals surface area (Å²) in [6, 6.07) is 6.24. The average molecular weight is 309 g/mol. The van der Waals surface area contributed by atoms with Crippen LogP contribution in [-0.4, -0.2) is 27.5 Å². The Labute approximate surface area is 125 Å². The van der Waals surface area contributed by atoms with Gasteiger partial charge >= 0.3 is 6.03 Å². The van der Waals surface area contributed by atoms with Crippen LogP contribution in [0.5, 0.6) is 0 Å². The van der Waals surface area contributed by atoms with Crippen molar-refractivity contribution in [1.29, 1.82) is 0 Å². The van der Waals surface area contributed by atoms with E-state index in [9.17, 15) is 13.2 Å². The van der Waals surface area contributed by atoms with Crippen LogP contribution in [0, 0.1) is 0 Å². The highest BCUT2D eigenvalue weighted by Crippen LogP contribution is 2.11. The van der Waals surface area contributed by atoms with Crippen LogP contribution in [0.4, 0.5) is 10.5 Å². The van der Waals surface area contributed by atoms with Gasteiger partial charge in [0.05, 0.1) is 5.75 Å². The van der Waals surface area contributed by atoms with Crippen LogP contribution < -0.4 is 15.4 Å². The molecule has 2 amide bonds. The number of hydrogen-bond donors (Lipinski definition) is 3. The number of amides is 2. The molecule has 3 N–H and O–H groups in total. The van der Waals surface area contributed by atoms with Gasteiger partial charge in [-0.05, 0) is 17.7 Å². The predicted molar refractivity (Wildman–Crippen MR) is 84.5 cm³/mol. The van der Waals surface area contributed by atoms with Crippen LogP contribution >= 0.6 is 0 Å². The third-order valence-electron chi connectivity index (χ3n) is 2.42. The summed E-state index contributed by atoms with van der Waals surface area (Å²) >= 11 is 0. The van der Waals surface area contributed by atoms with Gasteiger partial charge < -0.3 is 10.6 Å². The molecule has 0 atom stereocenters. The Kier molecular flexibility index (Phi) is 6.64. The number of rotatable bonds is 8. The van der Waals surface area contributed by atoms with Crippen molar-refractivity contribution in [1.82, 2.24) is 10.0 Å². The first kappa shape index (κ1) is 16.9. The molecule has 114 valence electrons. The summed E-state index contributed by atoms with van der Waals surface area (Å²) in [5.41, 5.74) is 1.21. The summed E-state index contributed by atoms with van der Waals surface area (Å²) in [4.78, 5) is 11.4. The van der Waals surface area contributed by atoms with E-state index < -0.39 is 10.0 Å². The Bertz CT molecular complexity index is 594. The first-order valence-electron chi connectivity index (χ1n) is 6.30. The minimum absolute atomic E-state index is 0.121. The zero-order chi connectivity index (χ0) is 15.7. The second-order valence-corrected chi connectivity index (χ2v) is 6.02. The van der Waals surface area contributed by atoms with E-state index in [2.05, 4.69) is 28.5 Å². The zero-order valence-corrected chi connectivity index (χ0v) is 12.4. The lowest BCUT2D eigenvalue weighted by molar-refractivity contribution is 0.253. The fraction of sp³-hybridized carbons (Fsp3) is 0.214. The molecule has 0 fully saturated rings. The van der Waals surface area contributed by atoms with Crippen LogP contribution in [0.3, 0.4) is 0 Å². The Morgan fingerprint density at radius 2 is 1.71 bits per heavy atom. The first-order chi connectivity index (χ1) is 9.96. The van der Waals surface area contributed by atoms with Crippen LogP contribution in [0.25, 0.3) is 0 Å². The van der Waals surface area contributed by atoms with Crippen molar-refractivity contribution in [2.24, 2.45) is 0 Å². The molecule has 21 heavy (non-hydrogen) atoms. The molecule has 0 aliphatic carbocycles. The van der Waals surface area contributed by atoms with Gasteiger partial charge in [0.2, 0.25) is 10.0 Å². The van der Waals surface area contributed by atoms with Gasteiger partial charge in [0, 0.05) is 18.8 Å². The Balaban J connectivity index is 2.59. The van der Waals surface area contributed by atoms with E-state index in [4.69, 9.17) is 0 Å². The van der Waals surface area contributed by atoms with E-state index in [1.807, 2.05) is 0 Å². The lowest BCUT2D eigenvalue weighted by atomic mass is 10.2. The molecule has 0 radical (unpaired) electrons. The summed E-state index contributed by atoms with van der Waals surface area (Å²) in [7, 11) is -3.38. The molecule has 0 heterocycles. The van der Waals surface area contributed by atoms with Crippen molar-refractivity contribution in [2.45, 2.75) is 5.75 Å². The molecule has 0 aliphatic heterocycles. The van der Waals surface area contributed by atoms with E-state index in [-0.39, 0.29) is 18.3 Å². The van der Waals surface area contributed by atoms with Crippen LogP contribution in [-0.2, 0) is 15.8 Å². The van der Waals surface area contributed by atoms with Gasteiger partial charge in [-0.2, -0.15) is 0 Å². The van der Waals surface area contributed by atoms with Gasteiger partial charge in [-0.25, -0.2) is 17.9 Å². The largest absolute Gasteiger partial charge is 0.334 e. The van der Waals surface area contributed by atoms with Crippen molar-refractivity contribution in [3.8, 4) is 0 Å². The second kappa shape index (κ2) is 8.23. The molecule has 1 rings (SSSR count). The van der Waals surface area contributed by atoms with Gasteiger partial charge in [0.25, 0.3) is 0 Å². The number of urea groups is 1. The van der Waals surface area contributed by atoms with Crippen LogP contribution in [0.2, 0.25) is 0 Å². The molecule has 7 heteroatoms. The van der Waals surface area contributed by atoms with Gasteiger partial charge in [-0.15, -0.1) is 13.2 Å². The van der Waals surface area contributed by atoms with Gasteiger partial charge in [0.1, 0.15) is 0 Å². The number of sulfonamides is 1. The van der Waals surface area contributed by atoms with Gasteiger partial charge in [0.15, 0.2) is 0 Å². The molecule has 0 bridgehead atoms. The Morgan fingerprint density at radius 1 is 1.10 bits per heavy atom. The normalized spacial score (nSPS) is 10.7. The molecule has 0 saturated heterocycles. The van der Waals surface area contributed by atoms with E-state index >= 15 is 0 Å². The SMILES string of the molecule is C=CCNC(=O)Nc1ccc(CS(=O)(=O)NCC=C)cc1. The number of benzene rings is 1. The van der Waals surface area contributed by atoms with Crippen molar-refractivity contribution < 1.29 is 13.2 Å². The molecule has 0 saturated carbocycles. The van der Waals surface area contributed by atoms with Crippen LogP contribution in [0.15, 0.2) is 49.6 Å². The number of carbonyl (C=O) groups is 1. The highest BCUT2D eigenvalue weighted by molar-refractivity contribution is 7.88. The standard InChI is InChI=1S/C14H19N3O3S/c1-3-9-15-14(18)17-13-7-5-12(6-8-13)11-21(19,20)16-10-4-2/h3-8,16H,1-2,9-11H2,(H2,15,17,18). The molecule has 6 nitrogen and oxygen atoms in total. The second-order valence-electron chi connectivity index (χ2n) is 4.22. The van der Waals surface area contributed by atoms with Crippen molar-refractivity contribution in [3.63, 3.8) is 0 Å². The van der Waals surface area contributed by atoms with Crippen molar-refractivity contribution in [3.05, 3.63) is 55.1 Å². The van der Waals surface area contributed by atoms with Crippen molar-refractivity contribution >= 4 is 21.7 Å². The summed E-state index contributed by atoms with van der Waals surface area (Å²) in [6.45, 7) is 7.52. The van der Waals surface area contributed by atoms with Crippen LogP contribution in [0.1, 0.15) is 5.56 Å².